The van der Waals surface area contributed by atoms with Crippen LogP contribution in [-0.4, -0.2) is 26.6 Å². The third-order valence-corrected chi connectivity index (χ3v) is 3.17. The highest BCUT2D eigenvalue weighted by atomic mass is 32.2. The molecule has 1 rings (SSSR count). The number of rotatable bonds is 5. The number of sulfonamides is 1. The molecule has 1 aromatic rings. The van der Waals surface area contributed by atoms with Crippen LogP contribution < -0.4 is 10.0 Å². The summed E-state index contributed by atoms with van der Waals surface area (Å²) in [7, 11) is -3.46. The first-order valence-corrected chi connectivity index (χ1v) is 6.51. The lowest BCUT2D eigenvalue weighted by atomic mass is 10.3. The average molecular weight is 242 g/mol. The molecule has 0 saturated heterocycles. The first-order chi connectivity index (χ1) is 7.53. The van der Waals surface area contributed by atoms with Gasteiger partial charge in [-0.2, -0.15) is 0 Å². The van der Waals surface area contributed by atoms with Crippen molar-refractivity contribution in [1.29, 1.82) is 0 Å². The lowest BCUT2D eigenvalue weighted by molar-refractivity contribution is -0.117. The van der Waals surface area contributed by atoms with Crippen molar-refractivity contribution in [3.63, 3.8) is 0 Å². The minimum atomic E-state index is -3.46. The third kappa shape index (κ3) is 4.31. The summed E-state index contributed by atoms with van der Waals surface area (Å²) in [5.74, 6) is -0.671. The maximum atomic E-state index is 11.2. The largest absolute Gasteiger partial charge is 0.376 e. The highest BCUT2D eigenvalue weighted by Gasteiger charge is 2.10. The summed E-state index contributed by atoms with van der Waals surface area (Å²) in [5.41, 5.74) is 0.770. The lowest BCUT2D eigenvalue weighted by Crippen LogP contribution is -2.35. The summed E-state index contributed by atoms with van der Waals surface area (Å²) in [5, 5.41) is 2.81. The monoisotopic (exact) mass is 242 g/mol. The van der Waals surface area contributed by atoms with Crippen LogP contribution in [0.25, 0.3) is 0 Å². The van der Waals surface area contributed by atoms with Crippen molar-refractivity contribution >= 4 is 21.6 Å². The number of hydrogen-bond acceptors (Lipinski definition) is 4. The summed E-state index contributed by atoms with van der Waals surface area (Å²) in [6.07, 6.45) is 0. The van der Waals surface area contributed by atoms with Crippen LogP contribution in [0.3, 0.4) is 0 Å². The highest BCUT2D eigenvalue weighted by molar-refractivity contribution is 7.90. The van der Waals surface area contributed by atoms with Crippen LogP contribution in [0.15, 0.2) is 30.3 Å². The topological polar surface area (TPSA) is 75.3 Å². The molecule has 0 aliphatic carbocycles. The zero-order chi connectivity index (χ0) is 12.0. The minimum Gasteiger partial charge on any atom is -0.376 e. The SMILES string of the molecule is CCS(=O)(=O)NC(=O)CNc1ccccc1. The summed E-state index contributed by atoms with van der Waals surface area (Å²) >= 11 is 0. The number of anilines is 1. The molecule has 0 radical (unpaired) electrons. The molecule has 6 heteroatoms. The van der Waals surface area contributed by atoms with Gasteiger partial charge in [-0.05, 0) is 19.1 Å². The molecule has 0 aromatic heterocycles. The van der Waals surface area contributed by atoms with Crippen LogP contribution in [0.4, 0.5) is 5.69 Å². The Bertz CT molecular complexity index is 442. The van der Waals surface area contributed by atoms with E-state index in [0.29, 0.717) is 0 Å². The van der Waals surface area contributed by atoms with Gasteiger partial charge in [-0.15, -0.1) is 0 Å². The minimum absolute atomic E-state index is 0.0662. The molecule has 0 spiro atoms. The average Bonchev–Trinajstić information content (AvgIpc) is 2.27. The molecular formula is C10H14N2O3S. The van der Waals surface area contributed by atoms with Gasteiger partial charge in [-0.3, -0.25) is 9.52 Å². The van der Waals surface area contributed by atoms with Crippen LogP contribution in [0.5, 0.6) is 0 Å². The fraction of sp³-hybridized carbons (Fsp3) is 0.300. The van der Waals surface area contributed by atoms with Gasteiger partial charge in [0, 0.05) is 5.69 Å². The van der Waals surface area contributed by atoms with Gasteiger partial charge in [-0.25, -0.2) is 8.42 Å². The van der Waals surface area contributed by atoms with Gasteiger partial charge in [0.05, 0.1) is 12.3 Å². The molecule has 2 N–H and O–H groups in total. The number of hydrogen-bond donors (Lipinski definition) is 2. The van der Waals surface area contributed by atoms with Crippen molar-refractivity contribution in [2.75, 3.05) is 17.6 Å². The van der Waals surface area contributed by atoms with Crippen molar-refractivity contribution in [2.45, 2.75) is 6.92 Å². The molecule has 0 atom stereocenters. The third-order valence-electron chi connectivity index (χ3n) is 1.88. The summed E-state index contributed by atoms with van der Waals surface area (Å²) in [6, 6.07) is 9.09. The van der Waals surface area contributed by atoms with Crippen molar-refractivity contribution < 1.29 is 13.2 Å². The van der Waals surface area contributed by atoms with Crippen molar-refractivity contribution in [3.8, 4) is 0 Å². The number of amides is 1. The van der Waals surface area contributed by atoms with Crippen LogP contribution in [0, 0.1) is 0 Å². The van der Waals surface area contributed by atoms with Gasteiger partial charge in [0.1, 0.15) is 0 Å². The first-order valence-electron chi connectivity index (χ1n) is 4.86. The maximum Gasteiger partial charge on any atom is 0.252 e. The van der Waals surface area contributed by atoms with Gasteiger partial charge in [-0.1, -0.05) is 18.2 Å². The normalized spacial score (nSPS) is 10.8. The molecule has 0 fully saturated rings. The zero-order valence-corrected chi connectivity index (χ0v) is 9.75. The molecule has 0 bridgehead atoms. The fourth-order valence-electron chi connectivity index (χ4n) is 1.02. The van der Waals surface area contributed by atoms with Gasteiger partial charge in [0.15, 0.2) is 0 Å². The molecule has 0 unspecified atom stereocenters. The van der Waals surface area contributed by atoms with E-state index in [1.54, 1.807) is 12.1 Å². The van der Waals surface area contributed by atoms with Crippen LogP contribution >= 0.6 is 0 Å². The van der Waals surface area contributed by atoms with E-state index in [2.05, 4.69) is 5.32 Å². The van der Waals surface area contributed by atoms with E-state index in [0.717, 1.165) is 5.69 Å². The Morgan fingerprint density at radius 1 is 1.25 bits per heavy atom. The standard InChI is InChI=1S/C10H14N2O3S/c1-2-16(14,15)12-10(13)8-11-9-6-4-3-5-7-9/h3-7,11H,2,8H2,1H3,(H,12,13). The van der Waals surface area contributed by atoms with Gasteiger partial charge in [0.25, 0.3) is 5.91 Å². The second-order valence-corrected chi connectivity index (χ2v) is 5.16. The molecule has 1 aromatic carbocycles. The Kier molecular flexibility index (Phi) is 4.30. The molecule has 0 heterocycles. The molecule has 0 aliphatic heterocycles. The molecule has 88 valence electrons. The second-order valence-electron chi connectivity index (χ2n) is 3.15. The summed E-state index contributed by atoms with van der Waals surface area (Å²) < 4.78 is 24.1. The molecule has 1 amide bonds. The lowest BCUT2D eigenvalue weighted by Gasteiger charge is -2.06. The van der Waals surface area contributed by atoms with E-state index in [1.807, 2.05) is 22.9 Å². The Hall–Kier alpha value is -1.56. The van der Waals surface area contributed by atoms with E-state index < -0.39 is 15.9 Å². The molecule has 0 saturated carbocycles. The van der Waals surface area contributed by atoms with Crippen molar-refractivity contribution in [2.24, 2.45) is 0 Å². The Labute approximate surface area is 94.9 Å². The summed E-state index contributed by atoms with van der Waals surface area (Å²) in [4.78, 5) is 11.2. The van der Waals surface area contributed by atoms with Crippen LogP contribution in [-0.2, 0) is 14.8 Å². The van der Waals surface area contributed by atoms with Crippen LogP contribution in [0.1, 0.15) is 6.92 Å². The smallest absolute Gasteiger partial charge is 0.252 e. The Morgan fingerprint density at radius 2 is 1.88 bits per heavy atom. The highest BCUT2D eigenvalue weighted by Crippen LogP contribution is 2.03. The Morgan fingerprint density at radius 3 is 2.44 bits per heavy atom. The van der Waals surface area contributed by atoms with Gasteiger partial charge >= 0.3 is 0 Å². The number of carbonyl (C=O) groups is 1. The quantitative estimate of drug-likeness (QED) is 0.791. The number of nitrogens with one attached hydrogen (secondary N) is 2. The maximum absolute atomic E-state index is 11.2. The van der Waals surface area contributed by atoms with E-state index in [1.165, 1.54) is 6.92 Å². The number of carbonyl (C=O) groups excluding carboxylic acids is 1. The zero-order valence-electron chi connectivity index (χ0n) is 8.93. The molecular weight excluding hydrogens is 228 g/mol. The van der Waals surface area contributed by atoms with Gasteiger partial charge < -0.3 is 5.32 Å². The number of para-hydroxylation sites is 1. The molecule has 16 heavy (non-hydrogen) atoms. The van der Waals surface area contributed by atoms with Crippen molar-refractivity contribution in [1.82, 2.24) is 4.72 Å². The van der Waals surface area contributed by atoms with Crippen molar-refractivity contribution in [3.05, 3.63) is 30.3 Å². The second kappa shape index (κ2) is 5.50. The predicted octanol–water partition coefficient (Wildman–Crippen LogP) is 0.564. The van der Waals surface area contributed by atoms with E-state index in [4.69, 9.17) is 0 Å². The Balaban J connectivity index is 2.43. The molecule has 5 nitrogen and oxygen atoms in total. The van der Waals surface area contributed by atoms with E-state index in [9.17, 15) is 13.2 Å². The number of benzene rings is 1. The summed E-state index contributed by atoms with van der Waals surface area (Å²) in [6.45, 7) is 1.41. The molecule has 0 aliphatic rings. The van der Waals surface area contributed by atoms with E-state index in [-0.39, 0.29) is 12.3 Å². The van der Waals surface area contributed by atoms with Crippen LogP contribution in [0.2, 0.25) is 0 Å². The fourth-order valence-corrected chi connectivity index (χ4v) is 1.58. The van der Waals surface area contributed by atoms with Gasteiger partial charge in [0.2, 0.25) is 10.0 Å². The first kappa shape index (κ1) is 12.5. The van der Waals surface area contributed by atoms with E-state index >= 15 is 0 Å². The predicted molar refractivity (Wildman–Crippen MR) is 62.5 cm³/mol.